The third kappa shape index (κ3) is 4.32. The number of amides is 1. The minimum Gasteiger partial charge on any atom is -0.298 e. The third-order valence-electron chi connectivity index (χ3n) is 3.38. The van der Waals surface area contributed by atoms with Gasteiger partial charge in [0.25, 0.3) is 5.91 Å². The highest BCUT2D eigenvalue weighted by molar-refractivity contribution is 7.19. The molecule has 1 heterocycles. The normalized spacial score (nSPS) is 11.0. The molecule has 0 aliphatic rings. The van der Waals surface area contributed by atoms with Gasteiger partial charge in [0.2, 0.25) is 0 Å². The van der Waals surface area contributed by atoms with Gasteiger partial charge < -0.3 is 0 Å². The van der Waals surface area contributed by atoms with Gasteiger partial charge in [0.05, 0.1) is 17.8 Å². The van der Waals surface area contributed by atoms with Crippen molar-refractivity contribution in [1.29, 1.82) is 5.26 Å². The number of nitrogens with zero attached hydrogens (tertiary/aromatic N) is 2. The fourth-order valence-corrected chi connectivity index (χ4v) is 3.00. The van der Waals surface area contributed by atoms with Gasteiger partial charge in [-0.2, -0.15) is 5.26 Å². The minimum absolute atomic E-state index is 0.292. The number of benzene rings is 2. The zero-order valence-electron chi connectivity index (χ0n) is 12.9. The van der Waals surface area contributed by atoms with Gasteiger partial charge in [0, 0.05) is 5.57 Å². The van der Waals surface area contributed by atoms with Gasteiger partial charge in [-0.15, -0.1) is 0 Å². The van der Waals surface area contributed by atoms with E-state index in [4.69, 9.17) is 16.9 Å². The summed E-state index contributed by atoms with van der Waals surface area (Å²) in [7, 11) is 0. The van der Waals surface area contributed by atoms with Crippen LogP contribution in [-0.2, 0) is 4.79 Å². The standard InChI is InChI=1S/C19H12ClN3OS/c20-17-12-22-19(25-17)23-18(24)16(10-13-4-2-1-3-5-13)15-8-6-14(11-21)7-9-15/h1-10,12H,(H,22,23,24)/b16-10+. The summed E-state index contributed by atoms with van der Waals surface area (Å²) in [6.07, 6.45) is 3.29. The van der Waals surface area contributed by atoms with Crippen molar-refractivity contribution >= 4 is 45.6 Å². The molecule has 0 aliphatic carbocycles. The van der Waals surface area contributed by atoms with E-state index in [1.807, 2.05) is 30.3 Å². The van der Waals surface area contributed by atoms with Crippen molar-refractivity contribution in [2.75, 3.05) is 5.32 Å². The lowest BCUT2D eigenvalue weighted by Crippen LogP contribution is -2.13. The number of thiazole rings is 1. The number of rotatable bonds is 4. The summed E-state index contributed by atoms with van der Waals surface area (Å²) in [6, 6.07) is 18.5. The third-order valence-corrected chi connectivity index (χ3v) is 4.41. The first-order valence-electron chi connectivity index (χ1n) is 7.35. The molecule has 25 heavy (non-hydrogen) atoms. The molecule has 0 radical (unpaired) electrons. The summed E-state index contributed by atoms with van der Waals surface area (Å²) in [5.41, 5.74) is 2.62. The van der Waals surface area contributed by atoms with Crippen LogP contribution < -0.4 is 5.32 Å². The van der Waals surface area contributed by atoms with E-state index in [0.717, 1.165) is 5.56 Å². The van der Waals surface area contributed by atoms with Crippen molar-refractivity contribution in [3.05, 3.63) is 81.8 Å². The first kappa shape index (κ1) is 16.9. The maximum atomic E-state index is 12.8. The molecule has 3 aromatic rings. The summed E-state index contributed by atoms with van der Waals surface area (Å²) >= 11 is 7.06. The van der Waals surface area contributed by atoms with E-state index in [1.165, 1.54) is 17.5 Å². The van der Waals surface area contributed by atoms with Gasteiger partial charge in [-0.3, -0.25) is 10.1 Å². The molecule has 0 spiro atoms. The molecular formula is C19H12ClN3OS. The van der Waals surface area contributed by atoms with Crippen LogP contribution in [0.5, 0.6) is 0 Å². The molecule has 1 N–H and O–H groups in total. The Morgan fingerprint density at radius 2 is 1.88 bits per heavy atom. The van der Waals surface area contributed by atoms with Crippen molar-refractivity contribution in [1.82, 2.24) is 4.98 Å². The molecule has 0 aliphatic heterocycles. The number of carbonyl (C=O) groups is 1. The fourth-order valence-electron chi connectivity index (χ4n) is 2.20. The predicted octanol–water partition coefficient (Wildman–Crippen LogP) is 4.85. The average molecular weight is 366 g/mol. The van der Waals surface area contributed by atoms with E-state index in [2.05, 4.69) is 16.4 Å². The number of hydrogen-bond acceptors (Lipinski definition) is 4. The Hall–Kier alpha value is -2.94. The summed E-state index contributed by atoms with van der Waals surface area (Å²) in [5.74, 6) is -0.292. The van der Waals surface area contributed by atoms with Gasteiger partial charge in [0.1, 0.15) is 4.34 Å². The van der Waals surface area contributed by atoms with Crippen LogP contribution in [0.3, 0.4) is 0 Å². The summed E-state index contributed by atoms with van der Waals surface area (Å²) in [5, 5.41) is 12.1. The Kier molecular flexibility index (Phi) is 5.24. The second-order valence-electron chi connectivity index (χ2n) is 5.08. The van der Waals surface area contributed by atoms with E-state index in [1.54, 1.807) is 30.3 Å². The van der Waals surface area contributed by atoms with Crippen LogP contribution in [0.1, 0.15) is 16.7 Å². The molecule has 6 heteroatoms. The molecular weight excluding hydrogens is 354 g/mol. The topological polar surface area (TPSA) is 65.8 Å². The molecule has 0 saturated carbocycles. The molecule has 0 atom stereocenters. The number of nitriles is 1. The van der Waals surface area contributed by atoms with Crippen LogP contribution in [0.25, 0.3) is 11.6 Å². The fraction of sp³-hybridized carbons (Fsp3) is 0. The number of aromatic nitrogens is 1. The summed E-state index contributed by atoms with van der Waals surface area (Å²) in [4.78, 5) is 16.8. The Labute approximate surface area is 154 Å². The molecule has 0 unspecified atom stereocenters. The van der Waals surface area contributed by atoms with Crippen LogP contribution in [0, 0.1) is 11.3 Å². The maximum absolute atomic E-state index is 12.8. The van der Waals surface area contributed by atoms with Crippen molar-refractivity contribution < 1.29 is 4.79 Å². The number of hydrogen-bond donors (Lipinski definition) is 1. The summed E-state index contributed by atoms with van der Waals surface area (Å²) < 4.78 is 0.502. The first-order valence-corrected chi connectivity index (χ1v) is 8.55. The largest absolute Gasteiger partial charge is 0.298 e. The molecule has 4 nitrogen and oxygen atoms in total. The predicted molar refractivity (Wildman–Crippen MR) is 101 cm³/mol. The van der Waals surface area contributed by atoms with Crippen LogP contribution in [-0.4, -0.2) is 10.9 Å². The number of halogens is 1. The van der Waals surface area contributed by atoms with Gasteiger partial charge in [-0.1, -0.05) is 65.4 Å². The monoisotopic (exact) mass is 365 g/mol. The molecule has 1 aromatic heterocycles. The number of anilines is 1. The Morgan fingerprint density at radius 1 is 1.16 bits per heavy atom. The molecule has 1 amide bonds. The number of nitrogens with one attached hydrogen (secondary N) is 1. The van der Waals surface area contributed by atoms with Crippen molar-refractivity contribution in [3.8, 4) is 6.07 Å². The van der Waals surface area contributed by atoms with E-state index in [9.17, 15) is 4.79 Å². The Balaban J connectivity index is 1.97. The van der Waals surface area contributed by atoms with Crippen molar-refractivity contribution in [3.63, 3.8) is 0 Å². The average Bonchev–Trinajstić information content (AvgIpc) is 3.05. The van der Waals surface area contributed by atoms with Crippen molar-refractivity contribution in [2.24, 2.45) is 0 Å². The van der Waals surface area contributed by atoms with Gasteiger partial charge in [0.15, 0.2) is 5.13 Å². The highest BCUT2D eigenvalue weighted by Gasteiger charge is 2.14. The highest BCUT2D eigenvalue weighted by atomic mass is 35.5. The van der Waals surface area contributed by atoms with E-state index in [-0.39, 0.29) is 5.91 Å². The van der Waals surface area contributed by atoms with Gasteiger partial charge >= 0.3 is 0 Å². The smallest absolute Gasteiger partial charge is 0.258 e. The van der Waals surface area contributed by atoms with Crippen LogP contribution in [0.2, 0.25) is 4.34 Å². The Morgan fingerprint density at radius 3 is 2.48 bits per heavy atom. The van der Waals surface area contributed by atoms with E-state index < -0.39 is 0 Å². The lowest BCUT2D eigenvalue weighted by molar-refractivity contribution is -0.111. The van der Waals surface area contributed by atoms with Crippen LogP contribution >= 0.6 is 22.9 Å². The zero-order chi connectivity index (χ0) is 17.6. The highest BCUT2D eigenvalue weighted by Crippen LogP contribution is 2.25. The summed E-state index contributed by atoms with van der Waals surface area (Å²) in [6.45, 7) is 0. The van der Waals surface area contributed by atoms with Crippen LogP contribution in [0.15, 0.2) is 60.8 Å². The molecule has 0 fully saturated rings. The van der Waals surface area contributed by atoms with Gasteiger partial charge in [-0.05, 0) is 29.3 Å². The first-order chi connectivity index (χ1) is 12.2. The van der Waals surface area contributed by atoms with Crippen LogP contribution in [0.4, 0.5) is 5.13 Å². The van der Waals surface area contributed by atoms with E-state index in [0.29, 0.717) is 26.2 Å². The quantitative estimate of drug-likeness (QED) is 0.531. The second kappa shape index (κ2) is 7.75. The second-order valence-corrected chi connectivity index (χ2v) is 6.74. The lowest BCUT2D eigenvalue weighted by atomic mass is 10.0. The molecule has 0 bridgehead atoms. The van der Waals surface area contributed by atoms with Gasteiger partial charge in [-0.25, -0.2) is 4.98 Å². The maximum Gasteiger partial charge on any atom is 0.258 e. The SMILES string of the molecule is N#Cc1ccc(/C(=C\c2ccccc2)C(=O)Nc2ncc(Cl)s2)cc1. The lowest BCUT2D eigenvalue weighted by Gasteiger charge is -2.08. The minimum atomic E-state index is -0.292. The molecule has 2 aromatic carbocycles. The molecule has 122 valence electrons. The Bertz CT molecular complexity index is 956. The van der Waals surface area contributed by atoms with E-state index >= 15 is 0 Å². The molecule has 3 rings (SSSR count). The molecule has 0 saturated heterocycles. The zero-order valence-corrected chi connectivity index (χ0v) is 14.5. The number of carbonyl (C=O) groups excluding carboxylic acids is 1. The van der Waals surface area contributed by atoms with Crippen molar-refractivity contribution in [2.45, 2.75) is 0 Å².